The van der Waals surface area contributed by atoms with Crippen LogP contribution in [-0.4, -0.2) is 96.5 Å². The Hall–Kier alpha value is -0.860. The second-order valence-electron chi connectivity index (χ2n) is 15.2. The van der Waals surface area contributed by atoms with Gasteiger partial charge in [0.2, 0.25) is 10.0 Å². The van der Waals surface area contributed by atoms with Gasteiger partial charge in [0.25, 0.3) is 5.91 Å². The van der Waals surface area contributed by atoms with Crippen molar-refractivity contribution in [1.29, 1.82) is 0 Å². The number of rotatable bonds is 4. The number of fused-ring (bicyclic) bond motifs is 2. The number of hydrogen-bond donors (Lipinski definition) is 0. The van der Waals surface area contributed by atoms with Crippen LogP contribution in [0.2, 0.25) is 0 Å². The van der Waals surface area contributed by atoms with E-state index in [-0.39, 0.29) is 40.7 Å². The molecule has 0 N–H and O–H groups in total. The quantitative estimate of drug-likeness (QED) is 0.479. The minimum absolute atomic E-state index is 0.0428. The van der Waals surface area contributed by atoms with Crippen molar-refractivity contribution in [2.24, 2.45) is 22.7 Å². The maximum absolute atomic E-state index is 14.2. The molecule has 2 bridgehead atoms. The fourth-order valence-corrected chi connectivity index (χ4v) is 11.8. The van der Waals surface area contributed by atoms with Gasteiger partial charge < -0.3 is 23.7 Å². The summed E-state index contributed by atoms with van der Waals surface area (Å²) in [5.41, 5.74) is -0.494. The van der Waals surface area contributed by atoms with Crippen molar-refractivity contribution in [3.63, 3.8) is 0 Å². The predicted octanol–water partition coefficient (Wildman–Crippen LogP) is 2.78. The number of sulfonamides is 1. The molecule has 232 valence electrons. The van der Waals surface area contributed by atoms with E-state index in [0.717, 1.165) is 19.3 Å². The third-order valence-electron chi connectivity index (χ3n) is 11.4. The molecule has 4 unspecified atom stereocenters. The Kier molecular flexibility index (Phi) is 6.25. The van der Waals surface area contributed by atoms with Crippen molar-refractivity contribution >= 4 is 15.9 Å². The van der Waals surface area contributed by atoms with E-state index < -0.39 is 58.1 Å². The second kappa shape index (κ2) is 8.87. The molecule has 0 aromatic rings. The molecule has 5 saturated heterocycles. The Labute approximate surface area is 243 Å². The second-order valence-corrected chi connectivity index (χ2v) is 17.0. The predicted molar refractivity (Wildman–Crippen MR) is 145 cm³/mol. The van der Waals surface area contributed by atoms with Crippen LogP contribution in [0, 0.1) is 22.7 Å². The maximum atomic E-state index is 14.2. The molecule has 5 aliphatic heterocycles. The topological polar surface area (TPSA) is 113 Å². The summed E-state index contributed by atoms with van der Waals surface area (Å²) in [6.45, 7) is 16.4. The molecule has 0 radical (unpaired) electrons. The summed E-state index contributed by atoms with van der Waals surface area (Å²) >= 11 is 0. The number of hydrogen-bond acceptors (Lipinski definition) is 10. The van der Waals surface area contributed by atoms with E-state index in [2.05, 4.69) is 27.7 Å². The molecular weight excluding hydrogens is 552 g/mol. The largest absolute Gasteiger partial charge is 0.349 e. The van der Waals surface area contributed by atoms with E-state index in [1.54, 1.807) is 5.06 Å². The molecule has 2 aliphatic carbocycles. The summed E-state index contributed by atoms with van der Waals surface area (Å²) in [7, 11) is -3.75. The molecule has 7 fully saturated rings. The van der Waals surface area contributed by atoms with Crippen molar-refractivity contribution in [3.05, 3.63) is 0 Å². The normalized spacial score (nSPS) is 48.8. The molecule has 1 spiro atoms. The number of carbonyl (C=O) groups is 1. The zero-order valence-electron chi connectivity index (χ0n) is 25.5. The van der Waals surface area contributed by atoms with E-state index in [1.807, 2.05) is 27.7 Å². The first-order chi connectivity index (χ1) is 19.0. The van der Waals surface area contributed by atoms with Crippen molar-refractivity contribution in [2.75, 3.05) is 12.4 Å². The van der Waals surface area contributed by atoms with Crippen LogP contribution >= 0.6 is 0 Å². The van der Waals surface area contributed by atoms with Gasteiger partial charge in [-0.05, 0) is 64.2 Å². The summed E-state index contributed by atoms with van der Waals surface area (Å²) in [5.74, 6) is -1.44. The first-order valence-corrected chi connectivity index (χ1v) is 16.9. The molecule has 7 aliphatic rings. The number of ether oxygens (including phenoxy) is 5. The van der Waals surface area contributed by atoms with Crippen LogP contribution in [0.1, 0.15) is 81.1 Å². The van der Waals surface area contributed by atoms with E-state index in [0.29, 0.717) is 18.9 Å². The lowest BCUT2D eigenvalue weighted by Crippen LogP contribution is -2.49. The average Bonchev–Trinajstić information content (AvgIpc) is 3.67. The molecule has 2 saturated carbocycles. The van der Waals surface area contributed by atoms with Crippen LogP contribution in [-0.2, 0) is 43.3 Å². The molecule has 11 nitrogen and oxygen atoms in total. The van der Waals surface area contributed by atoms with Crippen molar-refractivity contribution in [3.8, 4) is 0 Å². The average molecular weight is 599 g/mol. The van der Waals surface area contributed by atoms with Gasteiger partial charge in [-0.15, -0.1) is 0 Å². The minimum Gasteiger partial charge on any atom is -0.349 e. The van der Waals surface area contributed by atoms with Gasteiger partial charge in [-0.1, -0.05) is 27.7 Å². The monoisotopic (exact) mass is 598 g/mol. The smallest absolute Gasteiger partial charge is 0.267 e. The maximum Gasteiger partial charge on any atom is 0.267 e. The van der Waals surface area contributed by atoms with Gasteiger partial charge in [-0.2, -0.15) is 5.06 Å². The lowest BCUT2D eigenvalue weighted by molar-refractivity contribution is -0.292. The summed E-state index contributed by atoms with van der Waals surface area (Å²) in [5, 5.41) is 1.75. The summed E-state index contributed by atoms with van der Waals surface area (Å²) in [4.78, 5) is 20.6. The highest BCUT2D eigenvalue weighted by molar-refractivity contribution is 7.90. The van der Waals surface area contributed by atoms with Crippen LogP contribution in [0.25, 0.3) is 0 Å². The van der Waals surface area contributed by atoms with E-state index >= 15 is 0 Å². The minimum atomic E-state index is -3.75. The third kappa shape index (κ3) is 4.07. The van der Waals surface area contributed by atoms with Crippen LogP contribution in [0.15, 0.2) is 0 Å². The number of amides is 1. The van der Waals surface area contributed by atoms with Crippen molar-refractivity contribution in [1.82, 2.24) is 9.37 Å². The standard InChI is InChI=1S/C29H46N2O9S/c1-15(2)17-12-18(24(32)31-20-11-16-9-10-29(20,26(16,3)4)14-41(31,33)34)40-30(17)25-23-22(38-28(7,8)39-23)21(36-25)19-13-35-27(5,6)37-19/h15-23,25H,9-14H2,1-8H3/t16?,17-,18-,19-,20?,21+,22?,23?,25-,29-/m1/s1. The highest BCUT2D eigenvalue weighted by atomic mass is 32.2. The first kappa shape index (κ1) is 28.9. The fourth-order valence-electron chi connectivity index (χ4n) is 9.26. The molecule has 5 heterocycles. The molecule has 1 amide bonds. The lowest BCUT2D eigenvalue weighted by Gasteiger charge is -2.37. The SMILES string of the molecule is CC(C)[C@H]1C[C@H](C(=O)N2C3CC4CC[C@]3(CS2(=O)=O)C4(C)C)ON1[C@@H]1O[C@@H]([C@H]2COC(C)(C)O2)C2OC(C)(C)OC21. The Morgan fingerprint density at radius 3 is 2.27 bits per heavy atom. The van der Waals surface area contributed by atoms with Gasteiger partial charge in [0.05, 0.1) is 18.4 Å². The summed E-state index contributed by atoms with van der Waals surface area (Å²) in [6.07, 6.45) is -0.319. The molecule has 0 aromatic carbocycles. The summed E-state index contributed by atoms with van der Waals surface area (Å²) in [6, 6.07) is -0.482. The van der Waals surface area contributed by atoms with Gasteiger partial charge in [0.15, 0.2) is 23.9 Å². The van der Waals surface area contributed by atoms with Crippen molar-refractivity contribution in [2.45, 2.75) is 141 Å². The summed E-state index contributed by atoms with van der Waals surface area (Å²) < 4.78 is 59.7. The number of hydroxylamine groups is 2. The van der Waals surface area contributed by atoms with Crippen LogP contribution < -0.4 is 0 Å². The van der Waals surface area contributed by atoms with E-state index in [9.17, 15) is 13.2 Å². The zero-order valence-corrected chi connectivity index (χ0v) is 26.3. The Morgan fingerprint density at radius 2 is 1.63 bits per heavy atom. The first-order valence-electron chi connectivity index (χ1n) is 15.3. The lowest BCUT2D eigenvalue weighted by atomic mass is 9.69. The molecule has 41 heavy (non-hydrogen) atoms. The number of carbonyl (C=O) groups excluding carboxylic acids is 1. The Balaban J connectivity index is 1.15. The van der Waals surface area contributed by atoms with Crippen LogP contribution in [0.4, 0.5) is 0 Å². The number of nitrogens with zero attached hydrogens (tertiary/aromatic N) is 2. The molecule has 7 rings (SSSR count). The molecule has 12 heteroatoms. The highest BCUT2D eigenvalue weighted by Gasteiger charge is 2.73. The molecule has 0 aromatic heterocycles. The van der Waals surface area contributed by atoms with Gasteiger partial charge in [0, 0.05) is 17.9 Å². The van der Waals surface area contributed by atoms with Gasteiger partial charge in [-0.3, -0.25) is 9.63 Å². The fraction of sp³-hybridized carbons (Fsp3) is 0.966. The van der Waals surface area contributed by atoms with Crippen molar-refractivity contribution < 1.29 is 41.7 Å². The van der Waals surface area contributed by atoms with Gasteiger partial charge >= 0.3 is 0 Å². The zero-order chi connectivity index (χ0) is 29.5. The van der Waals surface area contributed by atoms with E-state index in [4.69, 9.17) is 28.5 Å². The highest BCUT2D eigenvalue weighted by Crippen LogP contribution is 2.70. The van der Waals surface area contributed by atoms with E-state index in [1.165, 1.54) is 4.31 Å². The third-order valence-corrected chi connectivity index (χ3v) is 13.3. The van der Waals surface area contributed by atoms with Crippen LogP contribution in [0.5, 0.6) is 0 Å². The Morgan fingerprint density at radius 1 is 0.927 bits per heavy atom. The van der Waals surface area contributed by atoms with Crippen LogP contribution in [0.3, 0.4) is 0 Å². The Bertz CT molecular complexity index is 1220. The molecular formula is C29H46N2O9S. The van der Waals surface area contributed by atoms with Gasteiger partial charge in [-0.25, -0.2) is 12.7 Å². The molecule has 10 atom stereocenters. The van der Waals surface area contributed by atoms with Gasteiger partial charge in [0.1, 0.15) is 24.4 Å².